The molecule has 1 unspecified atom stereocenters. The number of unbranched alkanes of at least 4 members (excludes halogenated alkanes) is 1. The van der Waals surface area contributed by atoms with E-state index < -0.39 is 6.10 Å². The minimum absolute atomic E-state index is 0.231. The number of nitrogens with one attached hydrogen (secondary N) is 1. The average Bonchev–Trinajstić information content (AvgIpc) is 2.42. The summed E-state index contributed by atoms with van der Waals surface area (Å²) in [6.45, 7) is 2.39. The van der Waals surface area contributed by atoms with Crippen LogP contribution in [-0.4, -0.2) is 44.6 Å². The van der Waals surface area contributed by atoms with Crippen molar-refractivity contribution in [3.63, 3.8) is 0 Å². The zero-order valence-corrected chi connectivity index (χ0v) is 12.0. The number of aliphatic hydroxyl groups is 1. The van der Waals surface area contributed by atoms with Gasteiger partial charge in [0.1, 0.15) is 18.5 Å². The fraction of sp³-hybridized carbons (Fsp3) is 0.571. The van der Waals surface area contributed by atoms with Crippen LogP contribution in [-0.2, 0) is 4.74 Å². The Morgan fingerprint density at radius 3 is 2.84 bits per heavy atom. The molecule has 19 heavy (non-hydrogen) atoms. The van der Waals surface area contributed by atoms with Crippen LogP contribution in [0.2, 0.25) is 5.02 Å². The molecular formula is C14H22ClNO3. The summed E-state index contributed by atoms with van der Waals surface area (Å²) in [5.41, 5.74) is 0. The third kappa shape index (κ3) is 7.38. The van der Waals surface area contributed by atoms with Crippen molar-refractivity contribution in [1.82, 2.24) is 5.32 Å². The fourth-order valence-electron chi connectivity index (χ4n) is 1.57. The first-order chi connectivity index (χ1) is 9.24. The van der Waals surface area contributed by atoms with Crippen molar-refractivity contribution in [2.24, 2.45) is 0 Å². The summed E-state index contributed by atoms with van der Waals surface area (Å²) >= 11 is 5.95. The molecule has 1 aromatic rings. The number of ether oxygens (including phenoxy) is 2. The molecule has 1 aromatic carbocycles. The molecule has 0 radical (unpaired) electrons. The second-order valence-electron chi connectivity index (χ2n) is 4.30. The van der Waals surface area contributed by atoms with Crippen molar-refractivity contribution in [2.75, 3.05) is 33.4 Å². The number of methoxy groups -OCH3 is 1. The Labute approximate surface area is 119 Å². The molecule has 0 saturated heterocycles. The van der Waals surface area contributed by atoms with Crippen LogP contribution in [0.3, 0.4) is 0 Å². The van der Waals surface area contributed by atoms with Crippen LogP contribution in [0.4, 0.5) is 0 Å². The first-order valence-electron chi connectivity index (χ1n) is 6.49. The van der Waals surface area contributed by atoms with Crippen molar-refractivity contribution in [1.29, 1.82) is 0 Å². The molecule has 0 amide bonds. The lowest BCUT2D eigenvalue weighted by Gasteiger charge is -2.14. The van der Waals surface area contributed by atoms with Gasteiger partial charge in [0.05, 0.1) is 5.02 Å². The largest absolute Gasteiger partial charge is 0.489 e. The van der Waals surface area contributed by atoms with Crippen LogP contribution >= 0.6 is 11.6 Å². The quantitative estimate of drug-likeness (QED) is 0.647. The van der Waals surface area contributed by atoms with Gasteiger partial charge in [0.25, 0.3) is 0 Å². The zero-order chi connectivity index (χ0) is 13.9. The molecular weight excluding hydrogens is 266 g/mol. The van der Waals surface area contributed by atoms with E-state index in [1.165, 1.54) is 0 Å². The molecule has 2 N–H and O–H groups in total. The predicted molar refractivity (Wildman–Crippen MR) is 76.9 cm³/mol. The highest BCUT2D eigenvalue weighted by Crippen LogP contribution is 2.22. The number of hydrogen-bond donors (Lipinski definition) is 2. The monoisotopic (exact) mass is 287 g/mol. The highest BCUT2D eigenvalue weighted by molar-refractivity contribution is 6.32. The van der Waals surface area contributed by atoms with Gasteiger partial charge in [-0.3, -0.25) is 0 Å². The Kier molecular flexibility index (Phi) is 8.58. The van der Waals surface area contributed by atoms with Crippen molar-refractivity contribution in [2.45, 2.75) is 18.9 Å². The second kappa shape index (κ2) is 10.0. The molecule has 5 heteroatoms. The second-order valence-corrected chi connectivity index (χ2v) is 4.71. The molecule has 108 valence electrons. The summed E-state index contributed by atoms with van der Waals surface area (Å²) < 4.78 is 10.4. The smallest absolute Gasteiger partial charge is 0.138 e. The standard InChI is InChI=1S/C14H22ClNO3/c1-18-9-5-4-8-16-10-12(17)11-19-14-7-3-2-6-13(14)15/h2-3,6-7,12,16-17H,4-5,8-11H2,1H3. The van der Waals surface area contributed by atoms with Crippen LogP contribution in [0.15, 0.2) is 24.3 Å². The molecule has 0 aliphatic heterocycles. The van der Waals surface area contributed by atoms with Gasteiger partial charge in [-0.2, -0.15) is 0 Å². The first kappa shape index (κ1) is 16.2. The van der Waals surface area contributed by atoms with Gasteiger partial charge < -0.3 is 19.9 Å². The molecule has 4 nitrogen and oxygen atoms in total. The van der Waals surface area contributed by atoms with E-state index in [2.05, 4.69) is 5.32 Å². The third-order valence-electron chi connectivity index (χ3n) is 2.60. The van der Waals surface area contributed by atoms with Gasteiger partial charge in [-0.15, -0.1) is 0 Å². The molecule has 0 heterocycles. The molecule has 0 fully saturated rings. The van der Waals surface area contributed by atoms with Gasteiger partial charge in [0.2, 0.25) is 0 Å². The Bertz CT molecular complexity index is 349. The number of aliphatic hydroxyl groups excluding tert-OH is 1. The lowest BCUT2D eigenvalue weighted by molar-refractivity contribution is 0.106. The molecule has 0 saturated carbocycles. The topological polar surface area (TPSA) is 50.7 Å². The van der Waals surface area contributed by atoms with E-state index in [1.807, 2.05) is 12.1 Å². The Morgan fingerprint density at radius 2 is 2.11 bits per heavy atom. The summed E-state index contributed by atoms with van der Waals surface area (Å²) in [5.74, 6) is 0.600. The minimum Gasteiger partial charge on any atom is -0.489 e. The molecule has 0 aliphatic rings. The van der Waals surface area contributed by atoms with Crippen molar-refractivity contribution >= 4 is 11.6 Å². The normalized spacial score (nSPS) is 12.4. The predicted octanol–water partition coefficient (Wildman–Crippen LogP) is 2.10. The van der Waals surface area contributed by atoms with Crippen LogP contribution in [0.1, 0.15) is 12.8 Å². The molecule has 1 atom stereocenters. The van der Waals surface area contributed by atoms with E-state index in [1.54, 1.807) is 19.2 Å². The van der Waals surface area contributed by atoms with Crippen LogP contribution in [0, 0.1) is 0 Å². The van der Waals surface area contributed by atoms with Gasteiger partial charge in [-0.1, -0.05) is 23.7 Å². The van der Waals surface area contributed by atoms with E-state index in [0.29, 0.717) is 17.3 Å². The Morgan fingerprint density at radius 1 is 1.32 bits per heavy atom. The van der Waals surface area contributed by atoms with Gasteiger partial charge in [-0.25, -0.2) is 0 Å². The maximum Gasteiger partial charge on any atom is 0.138 e. The van der Waals surface area contributed by atoms with E-state index in [-0.39, 0.29) is 6.61 Å². The number of rotatable bonds is 10. The summed E-state index contributed by atoms with van der Waals surface area (Å²) in [4.78, 5) is 0. The number of para-hydroxylation sites is 1. The lowest BCUT2D eigenvalue weighted by Crippen LogP contribution is -2.32. The van der Waals surface area contributed by atoms with Gasteiger partial charge >= 0.3 is 0 Å². The summed E-state index contributed by atoms with van der Waals surface area (Å²) in [6, 6.07) is 7.24. The average molecular weight is 288 g/mol. The van der Waals surface area contributed by atoms with Crippen molar-refractivity contribution in [3.8, 4) is 5.75 Å². The third-order valence-corrected chi connectivity index (χ3v) is 2.91. The first-order valence-corrected chi connectivity index (χ1v) is 6.87. The maximum absolute atomic E-state index is 9.75. The number of halogens is 1. The van der Waals surface area contributed by atoms with E-state index in [9.17, 15) is 5.11 Å². The minimum atomic E-state index is -0.543. The van der Waals surface area contributed by atoms with E-state index in [4.69, 9.17) is 21.1 Å². The summed E-state index contributed by atoms with van der Waals surface area (Å²) in [5, 5.41) is 13.5. The van der Waals surface area contributed by atoms with E-state index in [0.717, 1.165) is 26.0 Å². The highest BCUT2D eigenvalue weighted by atomic mass is 35.5. The van der Waals surface area contributed by atoms with Crippen LogP contribution in [0.5, 0.6) is 5.75 Å². The molecule has 0 spiro atoms. The lowest BCUT2D eigenvalue weighted by atomic mass is 10.3. The van der Waals surface area contributed by atoms with Crippen molar-refractivity contribution < 1.29 is 14.6 Å². The molecule has 0 aromatic heterocycles. The molecule has 1 rings (SSSR count). The number of benzene rings is 1. The summed E-state index contributed by atoms with van der Waals surface area (Å²) in [7, 11) is 1.70. The maximum atomic E-state index is 9.75. The van der Waals surface area contributed by atoms with Crippen molar-refractivity contribution in [3.05, 3.63) is 29.3 Å². The fourth-order valence-corrected chi connectivity index (χ4v) is 1.76. The zero-order valence-electron chi connectivity index (χ0n) is 11.3. The Balaban J connectivity index is 2.08. The van der Waals surface area contributed by atoms with Gasteiger partial charge in [-0.05, 0) is 31.5 Å². The Hall–Kier alpha value is -0.810. The molecule has 0 aliphatic carbocycles. The van der Waals surface area contributed by atoms with Crippen LogP contribution < -0.4 is 10.1 Å². The highest BCUT2D eigenvalue weighted by Gasteiger charge is 2.06. The SMILES string of the molecule is COCCCCNCC(O)COc1ccccc1Cl. The van der Waals surface area contributed by atoms with Gasteiger partial charge in [0, 0.05) is 20.3 Å². The summed E-state index contributed by atoms with van der Waals surface area (Å²) in [6.07, 6.45) is 1.51. The number of hydrogen-bond acceptors (Lipinski definition) is 4. The van der Waals surface area contributed by atoms with E-state index >= 15 is 0 Å². The van der Waals surface area contributed by atoms with Gasteiger partial charge in [0.15, 0.2) is 0 Å². The molecule has 0 bridgehead atoms. The van der Waals surface area contributed by atoms with Crippen LogP contribution in [0.25, 0.3) is 0 Å².